The molecule has 6 nitrogen and oxygen atoms in total. The molecule has 0 unspecified atom stereocenters. The van der Waals surface area contributed by atoms with Crippen LogP contribution in [0.2, 0.25) is 0 Å². The van der Waals surface area contributed by atoms with Gasteiger partial charge < -0.3 is 4.90 Å². The van der Waals surface area contributed by atoms with E-state index in [0.717, 1.165) is 55.4 Å². The topological polar surface area (TPSA) is 49.6 Å². The number of imidazole rings is 1. The Bertz CT molecular complexity index is 1020. The van der Waals surface area contributed by atoms with Crippen LogP contribution in [0.3, 0.4) is 0 Å². The SMILES string of the molecule is c1ccc(-c2cnc3c(N4CCN(Cc5nccs5)CC4)nccn23)cc1. The van der Waals surface area contributed by atoms with Gasteiger partial charge in [-0.3, -0.25) is 9.30 Å². The second-order valence-electron chi connectivity index (χ2n) is 6.64. The van der Waals surface area contributed by atoms with E-state index in [-0.39, 0.29) is 0 Å². The molecule has 0 atom stereocenters. The first-order valence-corrected chi connectivity index (χ1v) is 9.99. The van der Waals surface area contributed by atoms with E-state index in [2.05, 4.69) is 53.4 Å². The summed E-state index contributed by atoms with van der Waals surface area (Å²) in [6.07, 6.45) is 7.68. The Labute approximate surface area is 161 Å². The molecule has 1 saturated heterocycles. The van der Waals surface area contributed by atoms with Gasteiger partial charge in [-0.1, -0.05) is 30.3 Å². The molecule has 1 fully saturated rings. The lowest BCUT2D eigenvalue weighted by molar-refractivity contribution is 0.249. The van der Waals surface area contributed by atoms with Crippen molar-refractivity contribution < 1.29 is 0 Å². The van der Waals surface area contributed by atoms with E-state index in [1.807, 2.05) is 36.2 Å². The highest BCUT2D eigenvalue weighted by Crippen LogP contribution is 2.25. The van der Waals surface area contributed by atoms with Crippen LogP contribution in [0.15, 0.2) is 60.5 Å². The molecule has 0 bridgehead atoms. The Balaban J connectivity index is 1.37. The molecule has 0 N–H and O–H groups in total. The number of nitrogens with zero attached hydrogens (tertiary/aromatic N) is 6. The maximum atomic E-state index is 4.69. The first-order chi connectivity index (χ1) is 13.4. The zero-order valence-corrected chi connectivity index (χ0v) is 15.7. The molecular weight excluding hydrogens is 356 g/mol. The van der Waals surface area contributed by atoms with Crippen LogP contribution in [0.1, 0.15) is 5.01 Å². The minimum atomic E-state index is 0.921. The first-order valence-electron chi connectivity index (χ1n) is 9.11. The number of hydrogen-bond donors (Lipinski definition) is 0. The Kier molecular flexibility index (Phi) is 4.31. The van der Waals surface area contributed by atoms with Gasteiger partial charge in [-0.25, -0.2) is 15.0 Å². The zero-order chi connectivity index (χ0) is 18.1. The molecule has 1 aromatic carbocycles. The lowest BCUT2D eigenvalue weighted by Crippen LogP contribution is -2.46. The Hall–Kier alpha value is -2.77. The molecule has 0 radical (unpaired) electrons. The van der Waals surface area contributed by atoms with E-state index in [9.17, 15) is 0 Å². The van der Waals surface area contributed by atoms with Crippen molar-refractivity contribution in [2.45, 2.75) is 6.54 Å². The van der Waals surface area contributed by atoms with Crippen molar-refractivity contribution >= 4 is 22.8 Å². The van der Waals surface area contributed by atoms with Crippen LogP contribution in [-0.4, -0.2) is 50.4 Å². The molecule has 1 aliphatic heterocycles. The molecule has 27 heavy (non-hydrogen) atoms. The highest BCUT2D eigenvalue weighted by atomic mass is 32.1. The highest BCUT2D eigenvalue weighted by Gasteiger charge is 2.21. The lowest BCUT2D eigenvalue weighted by atomic mass is 10.2. The minimum Gasteiger partial charge on any atom is -0.351 e. The molecule has 0 amide bonds. The van der Waals surface area contributed by atoms with Crippen LogP contribution in [-0.2, 0) is 6.54 Å². The summed E-state index contributed by atoms with van der Waals surface area (Å²) >= 11 is 1.72. The maximum Gasteiger partial charge on any atom is 0.180 e. The smallest absolute Gasteiger partial charge is 0.180 e. The van der Waals surface area contributed by atoms with Crippen LogP contribution in [0.4, 0.5) is 5.82 Å². The molecule has 1 aliphatic rings. The van der Waals surface area contributed by atoms with Gasteiger partial charge >= 0.3 is 0 Å². The second kappa shape index (κ2) is 7.09. The first kappa shape index (κ1) is 16.4. The number of hydrogen-bond acceptors (Lipinski definition) is 6. The van der Waals surface area contributed by atoms with Crippen molar-refractivity contribution in [3.05, 3.63) is 65.5 Å². The van der Waals surface area contributed by atoms with Gasteiger partial charge in [-0.15, -0.1) is 11.3 Å². The molecule has 4 heterocycles. The Morgan fingerprint density at radius 2 is 1.78 bits per heavy atom. The van der Waals surface area contributed by atoms with Crippen LogP contribution in [0.25, 0.3) is 16.9 Å². The summed E-state index contributed by atoms with van der Waals surface area (Å²) in [5.74, 6) is 0.966. The summed E-state index contributed by atoms with van der Waals surface area (Å²) in [5, 5.41) is 3.23. The Morgan fingerprint density at radius 1 is 0.926 bits per heavy atom. The van der Waals surface area contributed by atoms with E-state index >= 15 is 0 Å². The molecule has 0 aliphatic carbocycles. The van der Waals surface area contributed by atoms with Gasteiger partial charge in [-0.05, 0) is 0 Å². The minimum absolute atomic E-state index is 0.921. The molecule has 3 aromatic heterocycles. The van der Waals surface area contributed by atoms with Crippen molar-refractivity contribution in [2.75, 3.05) is 31.1 Å². The van der Waals surface area contributed by atoms with E-state index in [1.165, 1.54) is 5.01 Å². The highest BCUT2D eigenvalue weighted by molar-refractivity contribution is 7.09. The van der Waals surface area contributed by atoms with E-state index in [4.69, 9.17) is 0 Å². The normalized spacial score (nSPS) is 15.5. The summed E-state index contributed by atoms with van der Waals surface area (Å²) in [5.41, 5.74) is 3.18. The summed E-state index contributed by atoms with van der Waals surface area (Å²) in [6.45, 7) is 4.85. The van der Waals surface area contributed by atoms with Gasteiger partial charge in [0.2, 0.25) is 0 Å². The number of fused-ring (bicyclic) bond motifs is 1. The number of thiazole rings is 1. The standard InChI is InChI=1S/C20H20N6S/c1-2-4-16(5-3-1)17-14-23-20-19(22-6-8-26(17)20)25-11-9-24(10-12-25)15-18-21-7-13-27-18/h1-8,13-14H,9-12,15H2. The third-order valence-corrected chi connectivity index (χ3v) is 5.76. The van der Waals surface area contributed by atoms with Crippen molar-refractivity contribution in [1.29, 1.82) is 0 Å². The molecule has 136 valence electrons. The van der Waals surface area contributed by atoms with E-state index < -0.39 is 0 Å². The number of rotatable bonds is 4. The van der Waals surface area contributed by atoms with Gasteiger partial charge in [0.05, 0.1) is 18.4 Å². The molecule has 0 spiro atoms. The van der Waals surface area contributed by atoms with Gasteiger partial charge in [0, 0.05) is 55.7 Å². The maximum absolute atomic E-state index is 4.69. The molecule has 4 aromatic rings. The third kappa shape index (κ3) is 3.20. The predicted molar refractivity (Wildman–Crippen MR) is 108 cm³/mol. The van der Waals surface area contributed by atoms with Crippen molar-refractivity contribution in [3.8, 4) is 11.3 Å². The number of aromatic nitrogens is 4. The second-order valence-corrected chi connectivity index (χ2v) is 7.62. The van der Waals surface area contributed by atoms with E-state index in [0.29, 0.717) is 0 Å². The Morgan fingerprint density at radius 3 is 2.56 bits per heavy atom. The summed E-state index contributed by atoms with van der Waals surface area (Å²) < 4.78 is 2.14. The monoisotopic (exact) mass is 376 g/mol. The van der Waals surface area contributed by atoms with Gasteiger partial charge in [0.15, 0.2) is 11.5 Å². The van der Waals surface area contributed by atoms with Crippen molar-refractivity contribution in [2.24, 2.45) is 0 Å². The number of anilines is 1. The number of piperazine rings is 1. The van der Waals surface area contributed by atoms with Gasteiger partial charge in [0.25, 0.3) is 0 Å². The molecule has 0 saturated carbocycles. The lowest BCUT2D eigenvalue weighted by Gasteiger charge is -2.34. The summed E-state index contributed by atoms with van der Waals surface area (Å²) in [4.78, 5) is 18.5. The van der Waals surface area contributed by atoms with Gasteiger partial charge in [-0.2, -0.15) is 0 Å². The largest absolute Gasteiger partial charge is 0.351 e. The average Bonchev–Trinajstić information content (AvgIpc) is 3.39. The van der Waals surface area contributed by atoms with Crippen LogP contribution < -0.4 is 4.90 Å². The van der Waals surface area contributed by atoms with E-state index in [1.54, 1.807) is 11.3 Å². The summed E-state index contributed by atoms with van der Waals surface area (Å²) in [7, 11) is 0. The fourth-order valence-electron chi connectivity index (χ4n) is 3.59. The van der Waals surface area contributed by atoms with Crippen molar-refractivity contribution in [1.82, 2.24) is 24.3 Å². The average molecular weight is 376 g/mol. The fraction of sp³-hybridized carbons (Fsp3) is 0.250. The van der Waals surface area contributed by atoms with Gasteiger partial charge in [0.1, 0.15) is 5.01 Å². The predicted octanol–water partition coefficient (Wildman–Crippen LogP) is 3.18. The third-order valence-electron chi connectivity index (χ3n) is 4.99. The molecule has 5 rings (SSSR count). The molecular formula is C20H20N6S. The quantitative estimate of drug-likeness (QED) is 0.548. The summed E-state index contributed by atoms with van der Waals surface area (Å²) in [6, 6.07) is 10.4. The van der Waals surface area contributed by atoms with Crippen LogP contribution in [0, 0.1) is 0 Å². The van der Waals surface area contributed by atoms with Crippen LogP contribution >= 0.6 is 11.3 Å². The zero-order valence-electron chi connectivity index (χ0n) is 14.9. The molecule has 7 heteroatoms. The fourth-order valence-corrected chi connectivity index (χ4v) is 4.25. The van der Waals surface area contributed by atoms with Crippen LogP contribution in [0.5, 0.6) is 0 Å². The van der Waals surface area contributed by atoms with Crippen molar-refractivity contribution in [3.63, 3.8) is 0 Å². The number of benzene rings is 1.